The topological polar surface area (TPSA) is 114 Å². The van der Waals surface area contributed by atoms with E-state index < -0.39 is 12.0 Å². The van der Waals surface area contributed by atoms with Crippen molar-refractivity contribution in [1.29, 1.82) is 5.26 Å². The first-order chi connectivity index (χ1) is 19.6. The van der Waals surface area contributed by atoms with Gasteiger partial charge in [0.25, 0.3) is 0 Å². The quantitative estimate of drug-likeness (QED) is 0.287. The second-order valence-corrected chi connectivity index (χ2v) is 9.95. The number of halogens is 4. The lowest BCUT2D eigenvalue weighted by atomic mass is 9.91. The van der Waals surface area contributed by atoms with Crippen molar-refractivity contribution in [1.82, 2.24) is 39.5 Å². The molecule has 0 aliphatic carbocycles. The Bertz CT molecular complexity index is 1790. The van der Waals surface area contributed by atoms with Gasteiger partial charge in [0.05, 0.1) is 22.6 Å². The third-order valence-electron chi connectivity index (χ3n) is 7.20. The summed E-state index contributed by atoms with van der Waals surface area (Å²) in [7, 11) is 1.68. The molecule has 14 heteroatoms. The molecule has 5 aromatic heterocycles. The Morgan fingerprint density at radius 1 is 1.05 bits per heavy atom. The molecule has 0 N–H and O–H groups in total. The van der Waals surface area contributed by atoms with Crippen LogP contribution in [0.25, 0.3) is 33.5 Å². The molecule has 1 aliphatic heterocycles. The molecule has 0 saturated carbocycles. The monoisotopic (exact) mass is 562 g/mol. The number of hydrogen-bond donors (Lipinski definition) is 0. The second kappa shape index (κ2) is 9.61. The van der Waals surface area contributed by atoms with E-state index >= 15 is 4.39 Å². The maximum absolute atomic E-state index is 15.9. The van der Waals surface area contributed by atoms with E-state index in [0.29, 0.717) is 28.2 Å². The number of pyridine rings is 3. The Labute approximate surface area is 230 Å². The van der Waals surface area contributed by atoms with E-state index in [2.05, 4.69) is 31.3 Å². The number of aryl methyl sites for hydroxylation is 2. The SMILES string of the molecule is Cc1ccc(-c2cc(C#N)c(N3CCC(F)(c4nncn4C)CC3)c(-c3cnc4nn(C(F)(F)F)cc4c3)n2)cn1. The van der Waals surface area contributed by atoms with E-state index in [4.69, 9.17) is 4.98 Å². The predicted molar refractivity (Wildman–Crippen MR) is 140 cm³/mol. The fraction of sp³-hybridized carbons (Fsp3) is 0.296. The third-order valence-corrected chi connectivity index (χ3v) is 7.20. The highest BCUT2D eigenvalue weighted by atomic mass is 19.4. The zero-order chi connectivity index (χ0) is 28.9. The van der Waals surface area contributed by atoms with E-state index in [0.717, 1.165) is 11.9 Å². The third kappa shape index (κ3) is 4.73. The molecule has 0 radical (unpaired) electrons. The standard InChI is InChI=1S/C27H22F4N10/c1-16-3-4-17(12-33-16)21-10-18(11-32)23(40-7-5-26(28,6-8-40)25-37-35-15-39(25)2)22(36-21)19-9-20-14-41(27(29,30)31)38-24(20)34-13-19/h3-4,9-10,12-15H,5-8H2,1-2H3. The van der Waals surface area contributed by atoms with Crippen LogP contribution in [0.3, 0.4) is 0 Å². The Hall–Kier alpha value is -4.93. The largest absolute Gasteiger partial charge is 0.504 e. The summed E-state index contributed by atoms with van der Waals surface area (Å²) in [6.07, 6.45) is 0.781. The summed E-state index contributed by atoms with van der Waals surface area (Å²) in [5.41, 5.74) is 1.56. The molecule has 0 atom stereocenters. The van der Waals surface area contributed by atoms with Crippen LogP contribution in [0.1, 0.15) is 29.9 Å². The molecule has 0 bridgehead atoms. The Morgan fingerprint density at radius 2 is 1.80 bits per heavy atom. The van der Waals surface area contributed by atoms with E-state index in [-0.39, 0.29) is 53.0 Å². The van der Waals surface area contributed by atoms with E-state index in [1.807, 2.05) is 24.0 Å². The summed E-state index contributed by atoms with van der Waals surface area (Å²) < 4.78 is 57.2. The number of alkyl halides is 4. The molecule has 10 nitrogen and oxygen atoms in total. The summed E-state index contributed by atoms with van der Waals surface area (Å²) in [5.74, 6) is 0.231. The van der Waals surface area contributed by atoms with Crippen molar-refractivity contribution in [2.75, 3.05) is 18.0 Å². The van der Waals surface area contributed by atoms with Gasteiger partial charge in [-0.2, -0.15) is 9.94 Å². The molecule has 0 spiro atoms. The van der Waals surface area contributed by atoms with Crippen molar-refractivity contribution in [2.24, 2.45) is 7.05 Å². The molecule has 5 aromatic rings. The lowest BCUT2D eigenvalue weighted by molar-refractivity contribution is -0.211. The first-order valence-corrected chi connectivity index (χ1v) is 12.7. The highest BCUT2D eigenvalue weighted by Gasteiger charge is 2.41. The van der Waals surface area contributed by atoms with Gasteiger partial charge < -0.3 is 9.47 Å². The first kappa shape index (κ1) is 26.3. The zero-order valence-corrected chi connectivity index (χ0v) is 21.9. The summed E-state index contributed by atoms with van der Waals surface area (Å²) in [4.78, 5) is 15.2. The summed E-state index contributed by atoms with van der Waals surface area (Å²) in [6, 6.07) is 9.01. The van der Waals surface area contributed by atoms with Crippen molar-refractivity contribution in [3.05, 3.63) is 66.3 Å². The summed E-state index contributed by atoms with van der Waals surface area (Å²) in [5, 5.41) is 21.7. The minimum absolute atomic E-state index is 0.0864. The van der Waals surface area contributed by atoms with Crippen molar-refractivity contribution < 1.29 is 17.6 Å². The zero-order valence-electron chi connectivity index (χ0n) is 21.9. The number of nitrogens with zero attached hydrogens (tertiary/aromatic N) is 10. The van der Waals surface area contributed by atoms with E-state index in [9.17, 15) is 18.4 Å². The lowest BCUT2D eigenvalue weighted by Crippen LogP contribution is -2.42. The molecular weight excluding hydrogens is 540 g/mol. The van der Waals surface area contributed by atoms with Crippen LogP contribution in [0.5, 0.6) is 0 Å². The van der Waals surface area contributed by atoms with Crippen LogP contribution in [-0.4, -0.2) is 52.6 Å². The molecule has 1 fully saturated rings. The summed E-state index contributed by atoms with van der Waals surface area (Å²) >= 11 is 0. The van der Waals surface area contributed by atoms with Gasteiger partial charge in [-0.3, -0.25) is 4.98 Å². The normalized spacial score (nSPS) is 15.3. The van der Waals surface area contributed by atoms with Crippen LogP contribution in [-0.2, 0) is 19.0 Å². The van der Waals surface area contributed by atoms with Gasteiger partial charge in [0, 0.05) is 73.8 Å². The number of hydrogen-bond acceptors (Lipinski definition) is 8. The second-order valence-electron chi connectivity index (χ2n) is 9.95. The predicted octanol–water partition coefficient (Wildman–Crippen LogP) is 4.81. The molecule has 0 amide bonds. The van der Waals surface area contributed by atoms with E-state index in [1.54, 1.807) is 23.9 Å². The first-order valence-electron chi connectivity index (χ1n) is 12.7. The van der Waals surface area contributed by atoms with Gasteiger partial charge in [0.2, 0.25) is 0 Å². The van der Waals surface area contributed by atoms with Crippen LogP contribution in [0.4, 0.5) is 23.2 Å². The van der Waals surface area contributed by atoms with Crippen molar-refractivity contribution >= 4 is 16.7 Å². The fourth-order valence-corrected chi connectivity index (χ4v) is 5.08. The minimum Gasteiger partial charge on any atom is -0.368 e. The maximum Gasteiger partial charge on any atom is 0.504 e. The van der Waals surface area contributed by atoms with Crippen LogP contribution in [0, 0.1) is 18.3 Å². The molecule has 0 unspecified atom stereocenters. The molecule has 6 rings (SSSR count). The smallest absolute Gasteiger partial charge is 0.368 e. The summed E-state index contributed by atoms with van der Waals surface area (Å²) in [6.45, 7) is 2.32. The average Bonchev–Trinajstić information content (AvgIpc) is 3.59. The van der Waals surface area contributed by atoms with Crippen LogP contribution in [0.15, 0.2) is 49.2 Å². The van der Waals surface area contributed by atoms with Crippen LogP contribution < -0.4 is 4.90 Å². The van der Waals surface area contributed by atoms with Gasteiger partial charge >= 0.3 is 6.30 Å². The van der Waals surface area contributed by atoms with Gasteiger partial charge in [-0.15, -0.1) is 28.5 Å². The molecule has 1 aliphatic rings. The van der Waals surface area contributed by atoms with Gasteiger partial charge in [0.15, 0.2) is 17.1 Å². The highest BCUT2D eigenvalue weighted by molar-refractivity contribution is 5.87. The number of rotatable bonds is 4. The molecule has 208 valence electrons. The molecule has 0 aromatic carbocycles. The Balaban J connectivity index is 1.47. The molecule has 6 heterocycles. The number of anilines is 1. The molecule has 1 saturated heterocycles. The fourth-order valence-electron chi connectivity index (χ4n) is 5.08. The number of aromatic nitrogens is 8. The average molecular weight is 563 g/mol. The van der Waals surface area contributed by atoms with Gasteiger partial charge in [0.1, 0.15) is 12.4 Å². The molecule has 41 heavy (non-hydrogen) atoms. The van der Waals surface area contributed by atoms with Gasteiger partial charge in [-0.1, -0.05) is 0 Å². The Kier molecular flexibility index (Phi) is 6.17. The molecular formula is C27H22F4N10. The highest BCUT2D eigenvalue weighted by Crippen LogP contribution is 2.42. The van der Waals surface area contributed by atoms with Crippen LogP contribution >= 0.6 is 0 Å². The Morgan fingerprint density at radius 3 is 2.44 bits per heavy atom. The number of piperidine rings is 1. The van der Waals surface area contributed by atoms with Crippen molar-refractivity contribution in [3.63, 3.8) is 0 Å². The number of nitriles is 1. The van der Waals surface area contributed by atoms with E-state index in [1.165, 1.54) is 18.6 Å². The maximum atomic E-state index is 15.9. The number of fused-ring (bicyclic) bond motifs is 1. The van der Waals surface area contributed by atoms with Gasteiger partial charge in [-0.25, -0.2) is 14.4 Å². The van der Waals surface area contributed by atoms with Crippen molar-refractivity contribution in [2.45, 2.75) is 31.7 Å². The minimum atomic E-state index is -4.70. The lowest BCUT2D eigenvalue weighted by Gasteiger charge is -2.38. The van der Waals surface area contributed by atoms with Crippen molar-refractivity contribution in [3.8, 4) is 28.6 Å². The van der Waals surface area contributed by atoms with Gasteiger partial charge in [-0.05, 0) is 31.2 Å². The van der Waals surface area contributed by atoms with Crippen LogP contribution in [0.2, 0.25) is 0 Å².